The van der Waals surface area contributed by atoms with Gasteiger partial charge in [0, 0.05) is 23.2 Å². The van der Waals surface area contributed by atoms with Crippen molar-refractivity contribution in [2.75, 3.05) is 0 Å². The summed E-state index contributed by atoms with van der Waals surface area (Å²) in [6.45, 7) is 0.0189. The van der Waals surface area contributed by atoms with Gasteiger partial charge in [-0.05, 0) is 56.5 Å². The molecule has 2 heterocycles. The van der Waals surface area contributed by atoms with Crippen molar-refractivity contribution >= 4 is 32.9 Å². The fraction of sp³-hybridized carbons (Fsp3) is 0.208. The number of imidazole rings is 1. The highest BCUT2D eigenvalue weighted by Gasteiger charge is 2.19. The Morgan fingerprint density at radius 1 is 1.15 bits per heavy atom. The van der Waals surface area contributed by atoms with Crippen molar-refractivity contribution in [3.05, 3.63) is 76.9 Å². The van der Waals surface area contributed by atoms with E-state index in [0.717, 1.165) is 0 Å². The molecule has 0 radical (unpaired) electrons. The maximum atomic E-state index is 8.84. The van der Waals surface area contributed by atoms with Crippen LogP contribution in [0.5, 0.6) is 0 Å². The lowest BCUT2D eigenvalue weighted by Crippen LogP contribution is -2.02. The lowest BCUT2D eigenvalue weighted by atomic mass is 9.90. The Kier molecular flexibility index (Phi) is 1.51. The molecule has 2 aromatic carbocycles. The number of hydrogen-bond donors (Lipinski definition) is 0. The fourth-order valence-corrected chi connectivity index (χ4v) is 3.35. The van der Waals surface area contributed by atoms with E-state index in [1.165, 1.54) is 24.3 Å². The Hall–Kier alpha value is -2.87. The summed E-state index contributed by atoms with van der Waals surface area (Å²) < 4.78 is 111. The summed E-state index contributed by atoms with van der Waals surface area (Å²) in [5, 5.41) is 0.176. The molecule has 4 aromatic rings. The molecule has 0 spiro atoms. The number of hydrogen-bond acceptors (Lipinski definition) is 1. The van der Waals surface area contributed by atoms with Crippen molar-refractivity contribution in [3.8, 4) is 0 Å². The highest BCUT2D eigenvalue weighted by atomic mass is 15.0. The summed E-state index contributed by atoms with van der Waals surface area (Å²) in [5.74, 6) is 0. The van der Waals surface area contributed by atoms with Crippen LogP contribution in [0.2, 0.25) is 0 Å². The van der Waals surface area contributed by atoms with Crippen LogP contribution >= 0.6 is 0 Å². The third-order valence-electron chi connectivity index (χ3n) is 4.51. The van der Waals surface area contributed by atoms with Crippen LogP contribution in [0.4, 0.5) is 0 Å². The molecular formula is C24H22N2. The molecule has 0 N–H and O–H groups in total. The number of aromatic nitrogens is 2. The lowest BCUT2D eigenvalue weighted by Gasteiger charge is -2.19. The average molecular weight is 352 g/mol. The Bertz CT molecular complexity index is 1830. The average Bonchev–Trinajstić information content (AvgIpc) is 3.20. The third-order valence-corrected chi connectivity index (χ3v) is 4.51. The smallest absolute Gasteiger partial charge is 0.145 e. The predicted molar refractivity (Wildman–Crippen MR) is 111 cm³/mol. The maximum absolute atomic E-state index is 8.84. The normalized spacial score (nSPS) is 28.9. The van der Waals surface area contributed by atoms with Crippen LogP contribution in [-0.2, 0) is 0 Å². The van der Waals surface area contributed by atoms with Crippen LogP contribution < -0.4 is 0 Å². The molecule has 0 aliphatic heterocycles. The van der Waals surface area contributed by atoms with E-state index in [1.807, 2.05) is 0 Å². The highest BCUT2D eigenvalue weighted by Crippen LogP contribution is 2.37. The number of nitrogens with zero attached hydrogens (tertiary/aromatic N) is 2. The van der Waals surface area contributed by atoms with E-state index in [1.54, 1.807) is 0 Å². The van der Waals surface area contributed by atoms with E-state index in [4.69, 9.17) is 17.8 Å². The number of fused-ring (bicyclic) bond motifs is 6. The zero-order valence-corrected chi connectivity index (χ0v) is 14.1. The van der Waals surface area contributed by atoms with Gasteiger partial charge in [-0.2, -0.15) is 0 Å². The van der Waals surface area contributed by atoms with E-state index in [-0.39, 0.29) is 86.0 Å². The van der Waals surface area contributed by atoms with Crippen molar-refractivity contribution in [2.45, 2.75) is 33.5 Å². The minimum absolute atomic E-state index is 0.00788. The van der Waals surface area contributed by atoms with E-state index in [9.17, 15) is 0 Å². The van der Waals surface area contributed by atoms with Gasteiger partial charge in [0.05, 0.1) is 28.3 Å². The second kappa shape index (κ2) is 5.57. The lowest BCUT2D eigenvalue weighted by molar-refractivity contribution is 0.948. The first-order valence-electron chi connectivity index (χ1n) is 14.8. The van der Waals surface area contributed by atoms with Crippen molar-refractivity contribution in [1.29, 1.82) is 0 Å². The van der Waals surface area contributed by atoms with Gasteiger partial charge in [0.2, 0.25) is 0 Å². The summed E-state index contributed by atoms with van der Waals surface area (Å²) in [7, 11) is 0. The van der Waals surface area contributed by atoms with E-state index >= 15 is 0 Å². The van der Waals surface area contributed by atoms with Crippen LogP contribution in [-0.4, -0.2) is 9.38 Å². The molecule has 1 aliphatic rings. The van der Waals surface area contributed by atoms with Gasteiger partial charge >= 0.3 is 0 Å². The van der Waals surface area contributed by atoms with Gasteiger partial charge in [0.15, 0.2) is 0 Å². The standard InChI is InChI=1S/C24H22N2/c1-15-11-12-21-20(13-15)18-9-4-5-10-19(18)24-25-14-22(26(21)24)23-16(2)7-6-8-17(23)3/h4-5,7,9-14H,6,8H2,1-3H3/i3D3,4D,5D,6D,7D,8D,9D,11D,12D,13D,14D. The Balaban J connectivity index is 2.19. The predicted octanol–water partition coefficient (Wildman–Crippen LogP) is 6.46. The molecule has 0 amide bonds. The van der Waals surface area contributed by atoms with E-state index in [0.29, 0.717) is 0 Å². The van der Waals surface area contributed by atoms with Gasteiger partial charge in [-0.3, -0.25) is 4.40 Å². The van der Waals surface area contributed by atoms with Gasteiger partial charge in [-0.1, -0.05) is 47.4 Å². The molecule has 0 fully saturated rings. The zero-order chi connectivity index (χ0) is 29.0. The van der Waals surface area contributed by atoms with E-state index < -0.39 is 37.4 Å². The third kappa shape index (κ3) is 2.08. The van der Waals surface area contributed by atoms with Crippen LogP contribution in [0.15, 0.2) is 65.7 Å². The molecule has 0 saturated heterocycles. The van der Waals surface area contributed by atoms with Crippen molar-refractivity contribution < 1.29 is 17.8 Å². The van der Waals surface area contributed by atoms with Gasteiger partial charge in [-0.25, -0.2) is 4.98 Å². The first kappa shape index (κ1) is 7.03. The molecule has 2 unspecified atom stereocenters. The Morgan fingerprint density at radius 3 is 2.96 bits per heavy atom. The van der Waals surface area contributed by atoms with Crippen molar-refractivity contribution in [2.24, 2.45) is 0 Å². The molecule has 2 aromatic heterocycles. The zero-order valence-electron chi connectivity index (χ0n) is 27.1. The molecule has 0 bridgehead atoms. The molecular weight excluding hydrogens is 316 g/mol. The minimum Gasteiger partial charge on any atom is -0.292 e. The summed E-state index contributed by atoms with van der Waals surface area (Å²) in [6.07, 6.45) is -3.60. The van der Waals surface area contributed by atoms with Gasteiger partial charge < -0.3 is 0 Å². The summed E-state index contributed by atoms with van der Waals surface area (Å²) in [6, 6.07) is -1.06. The molecule has 0 saturated carbocycles. The van der Waals surface area contributed by atoms with Gasteiger partial charge in [-0.15, -0.1) is 0 Å². The van der Waals surface area contributed by atoms with E-state index in [2.05, 4.69) is 4.98 Å². The molecule has 2 heteroatoms. The van der Waals surface area contributed by atoms with Crippen molar-refractivity contribution in [3.63, 3.8) is 0 Å². The fourth-order valence-electron chi connectivity index (χ4n) is 3.35. The van der Waals surface area contributed by atoms with Crippen LogP contribution in [0, 0.1) is 6.92 Å². The minimum atomic E-state index is -2.88. The Labute approximate surface area is 171 Å². The molecule has 2 atom stereocenters. The summed E-state index contributed by atoms with van der Waals surface area (Å²) >= 11 is 0. The number of allylic oxidation sites excluding steroid dienone is 4. The SMILES string of the molecule is [2H]C1=C(C)C(c2c([2H])nc3c4cc([2H])c([2H])c([2H])c4c4c([2H])c(C)c([2H])c([2H])c4n23)=C(C([2H])([2H])[2H])C([2H])C1[2H]. The van der Waals surface area contributed by atoms with Crippen LogP contribution in [0.3, 0.4) is 0 Å². The largest absolute Gasteiger partial charge is 0.292 e. The number of benzene rings is 2. The first-order valence-corrected chi connectivity index (χ1v) is 8.11. The Morgan fingerprint density at radius 2 is 2.08 bits per heavy atom. The maximum Gasteiger partial charge on any atom is 0.145 e. The van der Waals surface area contributed by atoms with Gasteiger partial charge in [0.25, 0.3) is 0 Å². The van der Waals surface area contributed by atoms with Crippen molar-refractivity contribution in [1.82, 2.24) is 9.38 Å². The first-order chi connectivity index (χ1) is 18.0. The van der Waals surface area contributed by atoms with Crippen LogP contribution in [0.25, 0.3) is 32.9 Å². The molecule has 26 heavy (non-hydrogen) atoms. The summed E-state index contributed by atoms with van der Waals surface area (Å²) in [4.78, 5) is 4.31. The molecule has 128 valence electrons. The van der Waals surface area contributed by atoms with Gasteiger partial charge in [0.1, 0.15) is 5.65 Å². The molecule has 5 rings (SSSR count). The second-order valence-corrected chi connectivity index (χ2v) is 6.17. The summed E-state index contributed by atoms with van der Waals surface area (Å²) in [5.41, 5.74) is -0.785. The molecule has 2 nitrogen and oxygen atoms in total. The highest BCUT2D eigenvalue weighted by molar-refractivity contribution is 6.12. The monoisotopic (exact) mass is 351 g/mol. The number of pyridine rings is 1. The second-order valence-electron chi connectivity index (χ2n) is 6.17. The van der Waals surface area contributed by atoms with Crippen LogP contribution in [0.1, 0.15) is 55.6 Å². The topological polar surface area (TPSA) is 17.3 Å². The quantitative estimate of drug-likeness (QED) is 0.360. The number of rotatable bonds is 1. The molecule has 1 aliphatic carbocycles.